The maximum atomic E-state index is 12.1. The lowest BCUT2D eigenvalue weighted by Crippen LogP contribution is -2.39. The lowest BCUT2D eigenvalue weighted by Gasteiger charge is -2.00. The molecule has 2 aromatic rings. The van der Waals surface area contributed by atoms with E-state index in [1.807, 2.05) is 24.3 Å². The first-order valence-corrected chi connectivity index (χ1v) is 5.84. The summed E-state index contributed by atoms with van der Waals surface area (Å²) in [5, 5.41) is 1.26. The second-order valence-electron chi connectivity index (χ2n) is 3.72. The van der Waals surface area contributed by atoms with E-state index in [9.17, 15) is 9.59 Å². The number of rotatable bonds is 0. The Bertz CT molecular complexity index is 769. The van der Waals surface area contributed by atoms with Crippen LogP contribution in [-0.2, 0) is 4.79 Å². The quantitative estimate of drug-likeness (QED) is 0.668. The van der Waals surface area contributed by atoms with Gasteiger partial charge in [-0.15, -0.1) is 11.3 Å². The number of fused-ring (bicyclic) bond motifs is 2. The maximum absolute atomic E-state index is 12.1. The first-order valence-electron chi connectivity index (χ1n) is 5.02. The normalized spacial score (nSPS) is 14.1. The predicted octanol–water partition coefficient (Wildman–Crippen LogP) is 0.795. The third-order valence-corrected chi connectivity index (χ3v) is 3.84. The van der Waals surface area contributed by atoms with E-state index in [0.717, 1.165) is 9.23 Å². The highest BCUT2D eigenvalue weighted by Crippen LogP contribution is 2.10. The van der Waals surface area contributed by atoms with Crippen LogP contribution in [0, 0.1) is 0 Å². The van der Waals surface area contributed by atoms with Crippen LogP contribution >= 0.6 is 11.3 Å². The fraction of sp³-hybridized carbons (Fsp3) is 0.0769. The molecule has 0 aliphatic heterocycles. The van der Waals surface area contributed by atoms with Crippen LogP contribution in [0.5, 0.6) is 0 Å². The number of benzene rings is 1. The fourth-order valence-electron chi connectivity index (χ4n) is 1.88. The van der Waals surface area contributed by atoms with Gasteiger partial charge >= 0.3 is 0 Å². The molecular weight excluding hydrogens is 220 g/mol. The maximum Gasteiger partial charge on any atom is 0.195 e. The van der Waals surface area contributed by atoms with E-state index >= 15 is 0 Å². The van der Waals surface area contributed by atoms with E-state index < -0.39 is 0 Å². The van der Waals surface area contributed by atoms with E-state index in [-0.39, 0.29) is 11.2 Å². The van der Waals surface area contributed by atoms with Crippen LogP contribution in [0.3, 0.4) is 0 Å². The van der Waals surface area contributed by atoms with E-state index in [4.69, 9.17) is 0 Å². The van der Waals surface area contributed by atoms with Crippen molar-refractivity contribution in [2.75, 3.05) is 0 Å². The van der Waals surface area contributed by atoms with Crippen molar-refractivity contribution < 1.29 is 4.79 Å². The van der Waals surface area contributed by atoms with Crippen LogP contribution in [0.15, 0.2) is 29.1 Å². The zero-order valence-electron chi connectivity index (χ0n) is 8.40. The molecule has 1 aliphatic carbocycles. The topological polar surface area (TPSA) is 34.1 Å². The molecule has 1 aromatic carbocycles. The van der Waals surface area contributed by atoms with Crippen molar-refractivity contribution in [3.8, 4) is 0 Å². The average molecular weight is 228 g/mol. The Labute approximate surface area is 95.2 Å². The molecule has 1 aliphatic rings. The zero-order chi connectivity index (χ0) is 11.1. The van der Waals surface area contributed by atoms with E-state index in [1.54, 1.807) is 17.4 Å². The Kier molecular flexibility index (Phi) is 2.01. The first-order chi connectivity index (χ1) is 7.75. The van der Waals surface area contributed by atoms with Crippen molar-refractivity contribution in [3.05, 3.63) is 44.2 Å². The Hall–Kier alpha value is -1.74. The minimum atomic E-state index is -0.0337. The van der Waals surface area contributed by atoms with Gasteiger partial charge in [-0.3, -0.25) is 9.59 Å². The summed E-state index contributed by atoms with van der Waals surface area (Å²) in [4.78, 5) is 23.4. The number of hydrogen-bond donors (Lipinski definition) is 0. The number of carbonyl (C=O) groups excluding carboxylic acids is 1. The van der Waals surface area contributed by atoms with Crippen LogP contribution in [0.2, 0.25) is 0 Å². The molecule has 3 heteroatoms. The molecule has 78 valence electrons. The molecule has 1 aromatic heterocycles. The summed E-state index contributed by atoms with van der Waals surface area (Å²) in [7, 11) is 0. The van der Waals surface area contributed by atoms with Crippen LogP contribution in [0.4, 0.5) is 0 Å². The molecule has 0 radical (unpaired) electrons. The average Bonchev–Trinajstić information content (AvgIpc) is 2.31. The predicted molar refractivity (Wildman–Crippen MR) is 65.9 cm³/mol. The Morgan fingerprint density at radius 3 is 2.81 bits per heavy atom. The molecule has 0 N–H and O–H groups in total. The minimum Gasteiger partial charge on any atom is -0.294 e. The zero-order valence-corrected chi connectivity index (χ0v) is 9.21. The Balaban J connectivity index is 2.63. The number of carbonyl (C=O) groups is 1. The molecule has 0 atom stereocenters. The van der Waals surface area contributed by atoms with E-state index in [2.05, 4.69) is 0 Å². The van der Waals surface area contributed by atoms with Gasteiger partial charge in [0.05, 0.1) is 0 Å². The third-order valence-electron chi connectivity index (χ3n) is 2.66. The SMILES string of the molecule is O=C1C=c2c(sc3ccccc3c2=O)=CC1. The summed E-state index contributed by atoms with van der Waals surface area (Å²) in [6.45, 7) is 0. The second-order valence-corrected chi connectivity index (χ2v) is 4.81. The fourth-order valence-corrected chi connectivity index (χ4v) is 2.96. The minimum absolute atomic E-state index is 0.00656. The molecule has 0 spiro atoms. The molecular formula is C13H8O2S. The first kappa shape index (κ1) is 9.48. The highest BCUT2D eigenvalue weighted by atomic mass is 32.1. The van der Waals surface area contributed by atoms with Crippen molar-refractivity contribution in [3.63, 3.8) is 0 Å². The molecule has 0 saturated heterocycles. The van der Waals surface area contributed by atoms with Crippen molar-refractivity contribution in [1.29, 1.82) is 0 Å². The van der Waals surface area contributed by atoms with E-state index in [0.29, 0.717) is 17.0 Å². The summed E-state index contributed by atoms with van der Waals surface area (Å²) in [6, 6.07) is 7.51. The van der Waals surface area contributed by atoms with Gasteiger partial charge in [-0.05, 0) is 18.2 Å². The highest BCUT2D eigenvalue weighted by Gasteiger charge is 2.07. The van der Waals surface area contributed by atoms with E-state index in [1.165, 1.54) is 6.08 Å². The number of ketones is 1. The number of Topliss-reactive ketones (excluding diaryl/α,β-unsaturated/α-hetero) is 1. The smallest absolute Gasteiger partial charge is 0.195 e. The second kappa shape index (κ2) is 3.39. The highest BCUT2D eigenvalue weighted by molar-refractivity contribution is 7.16. The molecule has 0 bridgehead atoms. The van der Waals surface area contributed by atoms with Crippen molar-refractivity contribution in [2.45, 2.75) is 6.42 Å². The van der Waals surface area contributed by atoms with Gasteiger partial charge < -0.3 is 0 Å². The Morgan fingerprint density at radius 1 is 1.12 bits per heavy atom. The summed E-state index contributed by atoms with van der Waals surface area (Å²) in [5.41, 5.74) is -0.0337. The molecule has 0 amide bonds. The molecule has 0 unspecified atom stereocenters. The standard InChI is InChI=1S/C13H8O2S/c14-8-5-6-12-10(7-8)13(15)9-3-1-2-4-11(9)16-12/h1-4,6-7H,5H2. The number of hydrogen-bond acceptors (Lipinski definition) is 3. The summed E-state index contributed by atoms with van der Waals surface area (Å²) in [6.07, 6.45) is 3.72. The van der Waals surface area contributed by atoms with Gasteiger partial charge in [0.25, 0.3) is 0 Å². The molecule has 3 rings (SSSR count). The third kappa shape index (κ3) is 1.32. The van der Waals surface area contributed by atoms with Crippen LogP contribution in [0.1, 0.15) is 6.42 Å². The van der Waals surface area contributed by atoms with Crippen LogP contribution < -0.4 is 15.2 Å². The van der Waals surface area contributed by atoms with Crippen molar-refractivity contribution >= 4 is 39.4 Å². The van der Waals surface area contributed by atoms with Gasteiger partial charge in [0.1, 0.15) is 0 Å². The van der Waals surface area contributed by atoms with Crippen LogP contribution in [0.25, 0.3) is 22.2 Å². The van der Waals surface area contributed by atoms with Gasteiger partial charge in [0, 0.05) is 26.3 Å². The van der Waals surface area contributed by atoms with Gasteiger partial charge in [-0.1, -0.05) is 18.2 Å². The monoisotopic (exact) mass is 228 g/mol. The largest absolute Gasteiger partial charge is 0.294 e. The van der Waals surface area contributed by atoms with Crippen LogP contribution in [-0.4, -0.2) is 5.78 Å². The van der Waals surface area contributed by atoms with Crippen molar-refractivity contribution in [1.82, 2.24) is 0 Å². The summed E-state index contributed by atoms with van der Waals surface area (Å²) in [5.74, 6) is 0.00656. The van der Waals surface area contributed by atoms with Crippen molar-refractivity contribution in [2.24, 2.45) is 0 Å². The lowest BCUT2D eigenvalue weighted by atomic mass is 10.1. The molecule has 16 heavy (non-hydrogen) atoms. The van der Waals surface area contributed by atoms with Gasteiger partial charge in [-0.2, -0.15) is 0 Å². The molecule has 0 fully saturated rings. The molecule has 2 nitrogen and oxygen atoms in total. The lowest BCUT2D eigenvalue weighted by molar-refractivity contribution is -0.112. The summed E-state index contributed by atoms with van der Waals surface area (Å²) >= 11 is 1.57. The molecule has 0 saturated carbocycles. The summed E-state index contributed by atoms with van der Waals surface area (Å²) < 4.78 is 1.90. The van der Waals surface area contributed by atoms with Gasteiger partial charge in [-0.25, -0.2) is 0 Å². The molecule has 1 heterocycles. The van der Waals surface area contributed by atoms with Gasteiger partial charge in [0.15, 0.2) is 11.2 Å². The van der Waals surface area contributed by atoms with Gasteiger partial charge in [0.2, 0.25) is 0 Å². The Morgan fingerprint density at radius 2 is 1.94 bits per heavy atom.